The summed E-state index contributed by atoms with van der Waals surface area (Å²) in [6.45, 7) is 2.80. The van der Waals surface area contributed by atoms with Crippen molar-refractivity contribution in [2.24, 2.45) is 0 Å². The molecule has 1 aromatic rings. The largest absolute Gasteiger partial charge is 0.486 e. The van der Waals surface area contributed by atoms with Gasteiger partial charge in [-0.05, 0) is 12.1 Å². The van der Waals surface area contributed by atoms with Crippen LogP contribution in [0.4, 0.5) is 0 Å². The Balaban J connectivity index is 1.70. The van der Waals surface area contributed by atoms with Gasteiger partial charge in [0.15, 0.2) is 11.5 Å². The molecule has 0 saturated carbocycles. The summed E-state index contributed by atoms with van der Waals surface area (Å²) in [6.07, 6.45) is -0.456. The summed E-state index contributed by atoms with van der Waals surface area (Å²) in [5.74, 6) is -0.679. The van der Waals surface area contributed by atoms with Gasteiger partial charge in [0, 0.05) is 26.6 Å². The lowest BCUT2D eigenvalue weighted by atomic mass is 10.1. The first-order valence-electron chi connectivity index (χ1n) is 8.72. The van der Waals surface area contributed by atoms with Crippen molar-refractivity contribution in [3.8, 4) is 11.5 Å². The summed E-state index contributed by atoms with van der Waals surface area (Å²) < 4.78 is 16.8. The fraction of sp³-hybridized carbons (Fsp3) is 0.500. The molecule has 0 spiro atoms. The van der Waals surface area contributed by atoms with E-state index < -0.39 is 18.6 Å². The minimum absolute atomic E-state index is 0.109. The van der Waals surface area contributed by atoms with Crippen LogP contribution in [0.3, 0.4) is 0 Å². The van der Waals surface area contributed by atoms with Gasteiger partial charge in [-0.2, -0.15) is 0 Å². The predicted octanol–water partition coefficient (Wildman–Crippen LogP) is 0.232. The number of fused-ring (bicyclic) bond motifs is 1. The lowest BCUT2D eigenvalue weighted by molar-refractivity contribution is -0.145. The van der Waals surface area contributed by atoms with Crippen LogP contribution in [0.5, 0.6) is 11.5 Å². The van der Waals surface area contributed by atoms with E-state index in [0.717, 1.165) is 0 Å². The Morgan fingerprint density at radius 2 is 2.00 bits per heavy atom. The van der Waals surface area contributed by atoms with E-state index in [4.69, 9.17) is 19.3 Å². The summed E-state index contributed by atoms with van der Waals surface area (Å²) in [7, 11) is 0. The van der Waals surface area contributed by atoms with Crippen LogP contribution in [-0.4, -0.2) is 84.8 Å². The highest BCUT2D eigenvalue weighted by Gasteiger charge is 2.30. The SMILES string of the molecule is CC(=O)N(CC(=O)O)CC1CN(C(=O)c2cccc3c2OCCO3)CCO1. The van der Waals surface area contributed by atoms with E-state index in [1.54, 1.807) is 23.1 Å². The van der Waals surface area contributed by atoms with Crippen molar-refractivity contribution in [1.82, 2.24) is 9.80 Å². The molecular formula is C18H22N2O7. The number of carboxylic acid groups (broad SMARTS) is 1. The van der Waals surface area contributed by atoms with E-state index in [9.17, 15) is 14.4 Å². The zero-order chi connectivity index (χ0) is 19.4. The molecule has 0 radical (unpaired) electrons. The lowest BCUT2D eigenvalue weighted by Gasteiger charge is -2.35. The van der Waals surface area contributed by atoms with E-state index in [2.05, 4.69) is 0 Å². The van der Waals surface area contributed by atoms with Gasteiger partial charge >= 0.3 is 5.97 Å². The summed E-state index contributed by atoms with van der Waals surface area (Å²) in [5.41, 5.74) is 0.418. The average molecular weight is 378 g/mol. The van der Waals surface area contributed by atoms with Crippen molar-refractivity contribution in [2.75, 3.05) is 46.0 Å². The number of carboxylic acids is 1. The van der Waals surface area contributed by atoms with Crippen LogP contribution in [0.25, 0.3) is 0 Å². The molecule has 0 aliphatic carbocycles. The van der Waals surface area contributed by atoms with Gasteiger partial charge in [-0.25, -0.2) is 0 Å². The van der Waals surface area contributed by atoms with E-state index in [1.807, 2.05) is 0 Å². The Morgan fingerprint density at radius 1 is 1.22 bits per heavy atom. The van der Waals surface area contributed by atoms with Crippen LogP contribution in [0.2, 0.25) is 0 Å². The lowest BCUT2D eigenvalue weighted by Crippen LogP contribution is -2.51. The molecule has 27 heavy (non-hydrogen) atoms. The smallest absolute Gasteiger partial charge is 0.323 e. The van der Waals surface area contributed by atoms with Crippen molar-refractivity contribution < 1.29 is 33.7 Å². The topological polar surface area (TPSA) is 106 Å². The molecule has 1 fully saturated rings. The Morgan fingerprint density at radius 3 is 2.74 bits per heavy atom. The molecule has 1 unspecified atom stereocenters. The minimum Gasteiger partial charge on any atom is -0.486 e. The first-order valence-corrected chi connectivity index (χ1v) is 8.72. The molecule has 0 aromatic heterocycles. The van der Waals surface area contributed by atoms with E-state index in [-0.39, 0.29) is 24.9 Å². The van der Waals surface area contributed by atoms with Crippen molar-refractivity contribution in [3.63, 3.8) is 0 Å². The zero-order valence-electron chi connectivity index (χ0n) is 15.1. The molecule has 0 bridgehead atoms. The number of para-hydroxylation sites is 1. The zero-order valence-corrected chi connectivity index (χ0v) is 15.1. The van der Waals surface area contributed by atoms with Gasteiger partial charge in [-0.3, -0.25) is 14.4 Å². The number of amides is 2. The normalized spacial score (nSPS) is 18.7. The molecular weight excluding hydrogens is 356 g/mol. The fourth-order valence-corrected chi connectivity index (χ4v) is 3.14. The highest BCUT2D eigenvalue weighted by molar-refractivity contribution is 5.98. The van der Waals surface area contributed by atoms with Gasteiger partial charge in [0.05, 0.1) is 18.3 Å². The maximum atomic E-state index is 13.0. The first-order chi connectivity index (χ1) is 13.0. The molecule has 2 aliphatic rings. The number of rotatable bonds is 5. The number of morpholine rings is 1. The fourth-order valence-electron chi connectivity index (χ4n) is 3.14. The van der Waals surface area contributed by atoms with E-state index in [1.165, 1.54) is 11.8 Å². The van der Waals surface area contributed by atoms with Gasteiger partial charge in [0.2, 0.25) is 5.91 Å². The predicted molar refractivity (Wildman–Crippen MR) is 93.0 cm³/mol. The summed E-state index contributed by atoms with van der Waals surface area (Å²) in [4.78, 5) is 38.4. The van der Waals surface area contributed by atoms with Gasteiger partial charge in [0.1, 0.15) is 19.8 Å². The van der Waals surface area contributed by atoms with Crippen LogP contribution in [0, 0.1) is 0 Å². The summed E-state index contributed by atoms with van der Waals surface area (Å²) in [5, 5.41) is 8.94. The molecule has 1 aromatic carbocycles. The second kappa shape index (κ2) is 8.26. The third kappa shape index (κ3) is 4.48. The van der Waals surface area contributed by atoms with Gasteiger partial charge in [0.25, 0.3) is 5.91 Å². The number of hydrogen-bond donors (Lipinski definition) is 1. The van der Waals surface area contributed by atoms with Crippen molar-refractivity contribution in [1.29, 1.82) is 0 Å². The highest BCUT2D eigenvalue weighted by atomic mass is 16.6. The van der Waals surface area contributed by atoms with Gasteiger partial charge in [-0.15, -0.1) is 0 Å². The van der Waals surface area contributed by atoms with Crippen LogP contribution < -0.4 is 9.47 Å². The van der Waals surface area contributed by atoms with E-state index >= 15 is 0 Å². The number of benzene rings is 1. The Bertz CT molecular complexity index is 736. The average Bonchev–Trinajstić information content (AvgIpc) is 2.66. The molecule has 9 heteroatoms. The monoisotopic (exact) mass is 378 g/mol. The first kappa shape index (κ1) is 19.0. The van der Waals surface area contributed by atoms with Crippen molar-refractivity contribution in [3.05, 3.63) is 23.8 Å². The van der Waals surface area contributed by atoms with Crippen LogP contribution in [0.1, 0.15) is 17.3 Å². The van der Waals surface area contributed by atoms with E-state index in [0.29, 0.717) is 43.4 Å². The Hall–Kier alpha value is -2.81. The molecule has 1 saturated heterocycles. The quantitative estimate of drug-likeness (QED) is 0.782. The number of aliphatic carboxylic acids is 1. The number of nitrogens with zero attached hydrogens (tertiary/aromatic N) is 2. The number of carbonyl (C=O) groups excluding carboxylic acids is 2. The maximum Gasteiger partial charge on any atom is 0.323 e. The second-order valence-electron chi connectivity index (χ2n) is 6.37. The third-order valence-electron chi connectivity index (χ3n) is 4.42. The Kier molecular flexibility index (Phi) is 5.80. The number of hydrogen-bond acceptors (Lipinski definition) is 6. The molecule has 2 aliphatic heterocycles. The third-order valence-corrected chi connectivity index (χ3v) is 4.42. The summed E-state index contributed by atoms with van der Waals surface area (Å²) in [6, 6.07) is 5.18. The molecule has 2 amide bonds. The maximum absolute atomic E-state index is 13.0. The number of carbonyl (C=O) groups is 3. The second-order valence-corrected chi connectivity index (χ2v) is 6.37. The van der Waals surface area contributed by atoms with Crippen LogP contribution in [-0.2, 0) is 14.3 Å². The molecule has 1 N–H and O–H groups in total. The molecule has 2 heterocycles. The van der Waals surface area contributed by atoms with Gasteiger partial charge in [-0.1, -0.05) is 6.07 Å². The van der Waals surface area contributed by atoms with Crippen molar-refractivity contribution in [2.45, 2.75) is 13.0 Å². The Labute approximate surface area is 156 Å². The van der Waals surface area contributed by atoms with Crippen LogP contribution >= 0.6 is 0 Å². The summed E-state index contributed by atoms with van der Waals surface area (Å²) >= 11 is 0. The molecule has 9 nitrogen and oxygen atoms in total. The molecule has 146 valence electrons. The molecule has 1 atom stereocenters. The number of ether oxygens (including phenoxy) is 3. The standard InChI is InChI=1S/C18H22N2O7/c1-12(21)20(11-16(22)23)10-13-9-19(5-6-25-13)18(24)14-3-2-4-15-17(14)27-8-7-26-15/h2-4,13H,5-11H2,1H3,(H,22,23). The van der Waals surface area contributed by atoms with Crippen LogP contribution in [0.15, 0.2) is 18.2 Å². The molecule has 3 rings (SSSR count). The van der Waals surface area contributed by atoms with Crippen molar-refractivity contribution >= 4 is 17.8 Å². The van der Waals surface area contributed by atoms with Gasteiger partial charge < -0.3 is 29.1 Å². The minimum atomic E-state index is -1.10. The highest BCUT2D eigenvalue weighted by Crippen LogP contribution is 2.34.